The molecule has 1 aromatic heterocycles. The second-order valence-electron chi connectivity index (χ2n) is 5.58. The average Bonchev–Trinajstić information content (AvgIpc) is 3.14. The van der Waals surface area contributed by atoms with Gasteiger partial charge in [-0.3, -0.25) is 0 Å². The molecular formula is C19H17ClN4O2. The Morgan fingerprint density at radius 1 is 1.27 bits per heavy atom. The number of hydrogen-bond donors (Lipinski definition) is 1. The third kappa shape index (κ3) is 4.52. The fraction of sp³-hybridized carbons (Fsp3) is 0.211. The molecule has 1 heterocycles. The molecule has 2 aromatic carbocycles. The molecule has 0 saturated carbocycles. The van der Waals surface area contributed by atoms with Gasteiger partial charge in [0, 0.05) is 17.1 Å². The number of nitriles is 1. The molecule has 26 heavy (non-hydrogen) atoms. The van der Waals surface area contributed by atoms with Crippen molar-refractivity contribution < 1.29 is 9.26 Å². The van der Waals surface area contributed by atoms with Crippen LogP contribution in [0.15, 0.2) is 53.1 Å². The Kier molecular flexibility index (Phi) is 5.72. The van der Waals surface area contributed by atoms with Gasteiger partial charge < -0.3 is 14.6 Å². The summed E-state index contributed by atoms with van der Waals surface area (Å²) in [6.07, 6.45) is 0.183. The predicted octanol–water partition coefficient (Wildman–Crippen LogP) is 4.68. The molecule has 0 bridgehead atoms. The Bertz CT molecular complexity index is 920. The molecule has 0 saturated heterocycles. The molecule has 0 radical (unpaired) electrons. The van der Waals surface area contributed by atoms with Crippen LogP contribution in [0, 0.1) is 11.3 Å². The predicted molar refractivity (Wildman–Crippen MR) is 98.8 cm³/mol. The van der Waals surface area contributed by atoms with E-state index >= 15 is 0 Å². The highest BCUT2D eigenvalue weighted by Crippen LogP contribution is 2.22. The smallest absolute Gasteiger partial charge is 0.322 e. The number of nitrogens with zero attached hydrogens (tertiary/aromatic N) is 3. The van der Waals surface area contributed by atoms with E-state index in [2.05, 4.69) is 21.5 Å². The summed E-state index contributed by atoms with van der Waals surface area (Å²) in [4.78, 5) is 4.31. The van der Waals surface area contributed by atoms with E-state index in [0.29, 0.717) is 35.6 Å². The Morgan fingerprint density at radius 3 is 2.88 bits per heavy atom. The number of nitrogens with one attached hydrogen (secondary N) is 1. The highest BCUT2D eigenvalue weighted by molar-refractivity contribution is 6.30. The van der Waals surface area contributed by atoms with Gasteiger partial charge in [-0.1, -0.05) is 47.9 Å². The van der Waals surface area contributed by atoms with Crippen molar-refractivity contribution in [3.63, 3.8) is 0 Å². The standard InChI is InChI=1S/C19H17ClN4O2/c1-2-16(11-21)25-17-8-3-5-13(9-17)12-22-19-23-18(24-26-19)14-6-4-7-15(20)10-14/h3-10,16H,2,12H2,1H3,(H,22,23,24). The Hall–Kier alpha value is -3.04. The van der Waals surface area contributed by atoms with Crippen LogP contribution in [0.4, 0.5) is 6.01 Å². The number of rotatable bonds is 7. The fourth-order valence-electron chi connectivity index (χ4n) is 2.31. The lowest BCUT2D eigenvalue weighted by Gasteiger charge is -2.11. The fourth-order valence-corrected chi connectivity index (χ4v) is 2.50. The van der Waals surface area contributed by atoms with Gasteiger partial charge in [0.05, 0.1) is 0 Å². The average molecular weight is 369 g/mol. The molecule has 6 nitrogen and oxygen atoms in total. The van der Waals surface area contributed by atoms with Gasteiger partial charge in [-0.25, -0.2) is 0 Å². The quantitative estimate of drug-likeness (QED) is 0.651. The van der Waals surface area contributed by atoms with Gasteiger partial charge in [0.1, 0.15) is 11.8 Å². The topological polar surface area (TPSA) is 84.0 Å². The van der Waals surface area contributed by atoms with Gasteiger partial charge in [-0.15, -0.1) is 0 Å². The van der Waals surface area contributed by atoms with Crippen LogP contribution >= 0.6 is 11.6 Å². The monoisotopic (exact) mass is 368 g/mol. The molecule has 3 rings (SSSR count). The van der Waals surface area contributed by atoms with E-state index in [1.807, 2.05) is 43.3 Å². The van der Waals surface area contributed by atoms with Gasteiger partial charge in [0.25, 0.3) is 0 Å². The van der Waals surface area contributed by atoms with Crippen molar-refractivity contribution in [2.45, 2.75) is 26.0 Å². The molecule has 7 heteroatoms. The molecule has 0 aliphatic heterocycles. The Labute approximate surface area is 156 Å². The lowest BCUT2D eigenvalue weighted by Crippen LogP contribution is -2.12. The summed E-state index contributed by atoms with van der Waals surface area (Å²) in [6, 6.07) is 17.2. The number of halogens is 1. The van der Waals surface area contributed by atoms with E-state index in [4.69, 9.17) is 26.1 Å². The van der Waals surface area contributed by atoms with Gasteiger partial charge in [0.15, 0.2) is 6.10 Å². The maximum atomic E-state index is 9.00. The molecule has 1 atom stereocenters. The summed E-state index contributed by atoms with van der Waals surface area (Å²) in [7, 11) is 0. The summed E-state index contributed by atoms with van der Waals surface area (Å²) in [5.41, 5.74) is 1.75. The first-order chi connectivity index (χ1) is 12.7. The van der Waals surface area contributed by atoms with E-state index in [1.54, 1.807) is 12.1 Å². The molecule has 1 N–H and O–H groups in total. The first-order valence-electron chi connectivity index (χ1n) is 8.16. The number of hydrogen-bond acceptors (Lipinski definition) is 6. The normalized spacial score (nSPS) is 11.6. The van der Waals surface area contributed by atoms with Crippen LogP contribution < -0.4 is 10.1 Å². The molecule has 1 unspecified atom stereocenters. The van der Waals surface area contributed by atoms with Crippen molar-refractivity contribution in [2.75, 3.05) is 5.32 Å². The summed E-state index contributed by atoms with van der Waals surface area (Å²) < 4.78 is 10.8. The summed E-state index contributed by atoms with van der Waals surface area (Å²) >= 11 is 5.98. The van der Waals surface area contributed by atoms with Crippen LogP contribution in [0.5, 0.6) is 5.75 Å². The van der Waals surface area contributed by atoms with Gasteiger partial charge in [-0.2, -0.15) is 10.2 Å². The summed E-state index contributed by atoms with van der Waals surface area (Å²) in [6.45, 7) is 2.39. The number of anilines is 1. The molecular weight excluding hydrogens is 352 g/mol. The minimum Gasteiger partial charge on any atom is -0.476 e. The van der Waals surface area contributed by atoms with Crippen LogP contribution in [-0.2, 0) is 6.54 Å². The third-order valence-electron chi connectivity index (χ3n) is 3.64. The second-order valence-corrected chi connectivity index (χ2v) is 6.01. The lowest BCUT2D eigenvalue weighted by molar-refractivity contribution is 0.251. The van der Waals surface area contributed by atoms with Crippen LogP contribution in [0.1, 0.15) is 18.9 Å². The van der Waals surface area contributed by atoms with Crippen LogP contribution in [-0.4, -0.2) is 16.2 Å². The minimum atomic E-state index is -0.450. The minimum absolute atomic E-state index is 0.315. The second kappa shape index (κ2) is 8.37. The van der Waals surface area contributed by atoms with E-state index in [9.17, 15) is 0 Å². The van der Waals surface area contributed by atoms with Gasteiger partial charge in [-0.05, 0) is 36.2 Å². The zero-order chi connectivity index (χ0) is 18.4. The number of benzene rings is 2. The van der Waals surface area contributed by atoms with Crippen LogP contribution in [0.2, 0.25) is 5.02 Å². The van der Waals surface area contributed by atoms with Crippen molar-refractivity contribution >= 4 is 17.6 Å². The summed E-state index contributed by atoms with van der Waals surface area (Å²) in [5, 5.41) is 16.6. The maximum Gasteiger partial charge on any atom is 0.322 e. The van der Waals surface area contributed by atoms with E-state index < -0.39 is 6.10 Å². The molecule has 132 valence electrons. The zero-order valence-electron chi connectivity index (χ0n) is 14.1. The first-order valence-corrected chi connectivity index (χ1v) is 8.54. The largest absolute Gasteiger partial charge is 0.476 e. The van der Waals surface area contributed by atoms with Crippen LogP contribution in [0.25, 0.3) is 11.4 Å². The van der Waals surface area contributed by atoms with E-state index in [0.717, 1.165) is 11.1 Å². The van der Waals surface area contributed by atoms with Gasteiger partial charge >= 0.3 is 6.01 Å². The van der Waals surface area contributed by atoms with Crippen molar-refractivity contribution in [2.24, 2.45) is 0 Å². The SMILES string of the molecule is CCC(C#N)Oc1cccc(CNc2nc(-c3cccc(Cl)c3)no2)c1. The highest BCUT2D eigenvalue weighted by Gasteiger charge is 2.10. The van der Waals surface area contributed by atoms with Crippen molar-refractivity contribution in [3.05, 3.63) is 59.1 Å². The molecule has 3 aromatic rings. The first kappa shape index (κ1) is 17.8. The Morgan fingerprint density at radius 2 is 2.12 bits per heavy atom. The van der Waals surface area contributed by atoms with Crippen molar-refractivity contribution in [3.8, 4) is 23.2 Å². The molecule has 0 aliphatic carbocycles. The van der Waals surface area contributed by atoms with Crippen LogP contribution in [0.3, 0.4) is 0 Å². The van der Waals surface area contributed by atoms with Crippen molar-refractivity contribution in [1.82, 2.24) is 10.1 Å². The zero-order valence-corrected chi connectivity index (χ0v) is 14.9. The molecule has 0 amide bonds. The van der Waals surface area contributed by atoms with Crippen molar-refractivity contribution in [1.29, 1.82) is 5.26 Å². The molecule has 0 aliphatic rings. The molecule has 0 fully saturated rings. The Balaban J connectivity index is 1.64. The molecule has 0 spiro atoms. The number of aromatic nitrogens is 2. The third-order valence-corrected chi connectivity index (χ3v) is 3.88. The maximum absolute atomic E-state index is 9.00. The van der Waals surface area contributed by atoms with E-state index in [-0.39, 0.29) is 0 Å². The van der Waals surface area contributed by atoms with E-state index in [1.165, 1.54) is 0 Å². The summed E-state index contributed by atoms with van der Waals surface area (Å²) in [5.74, 6) is 1.12. The highest BCUT2D eigenvalue weighted by atomic mass is 35.5. The van der Waals surface area contributed by atoms with Gasteiger partial charge in [0.2, 0.25) is 5.82 Å². The lowest BCUT2D eigenvalue weighted by atomic mass is 10.2. The number of ether oxygens (including phenoxy) is 1.